The van der Waals surface area contributed by atoms with Crippen molar-refractivity contribution in [3.05, 3.63) is 51.1 Å². The Morgan fingerprint density at radius 1 is 1.33 bits per heavy atom. The molecule has 4 heteroatoms. The molecule has 0 aliphatic heterocycles. The first-order valence-corrected chi connectivity index (χ1v) is 7.09. The van der Waals surface area contributed by atoms with E-state index in [2.05, 4.69) is 0 Å². The molecule has 0 amide bonds. The summed E-state index contributed by atoms with van der Waals surface area (Å²) in [6.45, 7) is 0. The number of fused-ring (bicyclic) bond motifs is 1. The highest BCUT2D eigenvalue weighted by Gasteiger charge is 2.22. The highest BCUT2D eigenvalue weighted by molar-refractivity contribution is 14.1. The Bertz CT molecular complexity index is 593. The van der Waals surface area contributed by atoms with E-state index in [4.69, 9.17) is 0 Å². The summed E-state index contributed by atoms with van der Waals surface area (Å²) >= 11 is 2.03. The lowest BCUT2D eigenvalue weighted by molar-refractivity contribution is 0.156. The summed E-state index contributed by atoms with van der Waals surface area (Å²) in [5, 5.41) is 9.96. The molecule has 1 unspecified atom stereocenters. The second-order valence-corrected chi connectivity index (χ2v) is 5.65. The third-order valence-electron chi connectivity index (χ3n) is 3.47. The van der Waals surface area contributed by atoms with E-state index >= 15 is 0 Å². The molecule has 2 aromatic rings. The van der Waals surface area contributed by atoms with Gasteiger partial charge >= 0.3 is 0 Å². The predicted molar refractivity (Wildman–Crippen MR) is 76.3 cm³/mol. The molecule has 0 saturated heterocycles. The van der Waals surface area contributed by atoms with E-state index in [9.17, 15) is 9.50 Å². The van der Waals surface area contributed by atoms with Crippen LogP contribution >= 0.6 is 22.6 Å². The van der Waals surface area contributed by atoms with Gasteiger partial charge in [0.05, 0.1) is 15.4 Å². The molecule has 1 heterocycles. The van der Waals surface area contributed by atoms with Gasteiger partial charge in [-0.1, -0.05) is 6.07 Å². The zero-order chi connectivity index (χ0) is 12.7. The lowest BCUT2D eigenvalue weighted by Crippen LogP contribution is -2.11. The van der Waals surface area contributed by atoms with Crippen molar-refractivity contribution in [1.82, 2.24) is 4.57 Å². The smallest absolute Gasteiger partial charge is 0.138 e. The van der Waals surface area contributed by atoms with E-state index in [1.807, 2.05) is 45.5 Å². The van der Waals surface area contributed by atoms with E-state index in [0.717, 1.165) is 36.2 Å². The zero-order valence-corrected chi connectivity index (χ0v) is 11.9. The molecule has 1 N–H and O–H groups in total. The first-order valence-electron chi connectivity index (χ1n) is 6.01. The monoisotopic (exact) mass is 357 g/mol. The van der Waals surface area contributed by atoms with Gasteiger partial charge in [-0.05, 0) is 60.1 Å². The van der Waals surface area contributed by atoms with Crippen LogP contribution in [0.4, 0.5) is 4.39 Å². The molecule has 18 heavy (non-hydrogen) atoms. The van der Waals surface area contributed by atoms with Crippen molar-refractivity contribution in [2.45, 2.75) is 25.4 Å². The van der Waals surface area contributed by atoms with Gasteiger partial charge < -0.3 is 9.67 Å². The second kappa shape index (κ2) is 4.66. The fourth-order valence-electron chi connectivity index (χ4n) is 2.57. The van der Waals surface area contributed by atoms with Gasteiger partial charge in [0.2, 0.25) is 0 Å². The van der Waals surface area contributed by atoms with Crippen molar-refractivity contribution in [2.75, 3.05) is 0 Å². The van der Waals surface area contributed by atoms with E-state index < -0.39 is 0 Å². The maximum atomic E-state index is 13.6. The molecule has 0 spiro atoms. The molecule has 1 aliphatic rings. The summed E-state index contributed by atoms with van der Waals surface area (Å²) in [6.07, 6.45) is 4.28. The fraction of sp³-hybridized carbons (Fsp3) is 0.286. The number of aromatic nitrogens is 1. The topological polar surface area (TPSA) is 25.2 Å². The minimum atomic E-state index is -0.374. The number of hydrogen-bond acceptors (Lipinski definition) is 1. The molecule has 0 bridgehead atoms. The van der Waals surface area contributed by atoms with Crippen molar-refractivity contribution in [3.8, 4) is 5.69 Å². The zero-order valence-electron chi connectivity index (χ0n) is 9.74. The Kier molecular flexibility index (Phi) is 3.15. The number of rotatable bonds is 1. The van der Waals surface area contributed by atoms with Gasteiger partial charge in [-0.25, -0.2) is 4.39 Å². The quantitative estimate of drug-likeness (QED) is 0.776. The van der Waals surface area contributed by atoms with E-state index in [1.54, 1.807) is 6.07 Å². The van der Waals surface area contributed by atoms with Crippen LogP contribution in [0, 0.1) is 9.39 Å². The van der Waals surface area contributed by atoms with Crippen LogP contribution in [0.5, 0.6) is 0 Å². The van der Waals surface area contributed by atoms with Crippen molar-refractivity contribution >= 4 is 22.6 Å². The van der Waals surface area contributed by atoms with Gasteiger partial charge in [-0.15, -0.1) is 0 Å². The Morgan fingerprint density at radius 3 is 3.00 bits per heavy atom. The number of halogens is 2. The lowest BCUT2D eigenvalue weighted by atomic mass is 9.95. The molecule has 1 aliphatic carbocycles. The van der Waals surface area contributed by atoms with Crippen LogP contribution in [-0.4, -0.2) is 9.67 Å². The largest absolute Gasteiger partial charge is 0.388 e. The molecule has 0 fully saturated rings. The molecule has 1 atom stereocenters. The minimum absolute atomic E-state index is 0.202. The molecule has 1 aromatic carbocycles. The van der Waals surface area contributed by atoms with Crippen LogP contribution in [-0.2, 0) is 6.42 Å². The average Bonchev–Trinajstić information content (AvgIpc) is 2.78. The molecule has 1 aromatic heterocycles. The van der Waals surface area contributed by atoms with Gasteiger partial charge in [0.15, 0.2) is 0 Å². The van der Waals surface area contributed by atoms with E-state index in [0.29, 0.717) is 3.57 Å². The van der Waals surface area contributed by atoms with Crippen LogP contribution in [0.15, 0.2) is 30.5 Å². The molecule has 94 valence electrons. The second-order valence-electron chi connectivity index (χ2n) is 4.57. The number of nitrogens with zero attached hydrogens (tertiary/aromatic N) is 1. The molecule has 2 nitrogen and oxygen atoms in total. The van der Waals surface area contributed by atoms with E-state index in [1.165, 1.54) is 6.07 Å². The third-order valence-corrected chi connectivity index (χ3v) is 4.54. The first kappa shape index (κ1) is 12.2. The first-order chi connectivity index (χ1) is 8.68. The van der Waals surface area contributed by atoms with Crippen LogP contribution in [0.3, 0.4) is 0 Å². The SMILES string of the molecule is OC1CCCc2c1ccn2-c1cccc(F)c1I. The van der Waals surface area contributed by atoms with Crippen molar-refractivity contribution < 1.29 is 9.50 Å². The summed E-state index contributed by atoms with van der Waals surface area (Å²) in [5.41, 5.74) is 2.95. The van der Waals surface area contributed by atoms with Gasteiger partial charge in [-0.3, -0.25) is 0 Å². The van der Waals surface area contributed by atoms with Crippen molar-refractivity contribution in [3.63, 3.8) is 0 Å². The highest BCUT2D eigenvalue weighted by Crippen LogP contribution is 2.33. The summed E-state index contributed by atoms with van der Waals surface area (Å²) in [5.74, 6) is -0.202. The molecule has 0 saturated carbocycles. The van der Waals surface area contributed by atoms with Gasteiger partial charge in [0.1, 0.15) is 5.82 Å². The summed E-state index contributed by atoms with van der Waals surface area (Å²) in [6, 6.07) is 7.04. The lowest BCUT2D eigenvalue weighted by Gasteiger charge is -2.20. The summed E-state index contributed by atoms with van der Waals surface area (Å²) < 4.78 is 16.2. The summed E-state index contributed by atoms with van der Waals surface area (Å²) in [7, 11) is 0. The maximum absolute atomic E-state index is 13.6. The van der Waals surface area contributed by atoms with Crippen molar-refractivity contribution in [2.24, 2.45) is 0 Å². The molecular weight excluding hydrogens is 344 g/mol. The standard InChI is InChI=1S/C14H13FINO/c15-10-3-1-5-12(14(10)16)17-8-7-9-11(17)4-2-6-13(9)18/h1,3,5,7-8,13,18H,2,4,6H2. The van der Waals surface area contributed by atoms with Crippen LogP contribution < -0.4 is 0 Å². The van der Waals surface area contributed by atoms with Gasteiger partial charge in [0.25, 0.3) is 0 Å². The number of hydrogen-bond donors (Lipinski definition) is 1. The minimum Gasteiger partial charge on any atom is -0.388 e. The predicted octanol–water partition coefficient (Wildman–Crippen LogP) is 3.59. The van der Waals surface area contributed by atoms with Gasteiger partial charge in [0, 0.05) is 17.5 Å². The number of aliphatic hydroxyl groups excluding tert-OH is 1. The van der Waals surface area contributed by atoms with Crippen LogP contribution in [0.25, 0.3) is 5.69 Å². The number of benzene rings is 1. The normalized spacial score (nSPS) is 18.7. The molecule has 0 radical (unpaired) electrons. The average molecular weight is 357 g/mol. The summed E-state index contributed by atoms with van der Waals surface area (Å²) in [4.78, 5) is 0. The Balaban J connectivity index is 2.16. The maximum Gasteiger partial charge on any atom is 0.138 e. The van der Waals surface area contributed by atoms with Gasteiger partial charge in [-0.2, -0.15) is 0 Å². The van der Waals surface area contributed by atoms with Crippen molar-refractivity contribution in [1.29, 1.82) is 0 Å². The van der Waals surface area contributed by atoms with Crippen LogP contribution in [0.1, 0.15) is 30.2 Å². The van der Waals surface area contributed by atoms with E-state index in [-0.39, 0.29) is 11.9 Å². The number of aliphatic hydroxyl groups is 1. The third kappa shape index (κ3) is 1.87. The Hall–Kier alpha value is -0.880. The van der Waals surface area contributed by atoms with Crippen LogP contribution in [0.2, 0.25) is 0 Å². The fourth-order valence-corrected chi connectivity index (χ4v) is 3.19. The Labute approximate surface area is 119 Å². The highest BCUT2D eigenvalue weighted by atomic mass is 127. The Morgan fingerprint density at radius 2 is 2.17 bits per heavy atom. The molecular formula is C14H13FINO. The molecule has 3 rings (SSSR count).